The summed E-state index contributed by atoms with van der Waals surface area (Å²) in [5.74, 6) is 1.90. The molecule has 0 spiro atoms. The minimum atomic E-state index is -0.288. The van der Waals surface area contributed by atoms with Gasteiger partial charge in [-0.05, 0) is 45.1 Å². The molecule has 0 bridgehead atoms. The van der Waals surface area contributed by atoms with Crippen LogP contribution in [0.1, 0.15) is 56.2 Å². The van der Waals surface area contributed by atoms with Gasteiger partial charge in [-0.3, -0.25) is 0 Å². The molecule has 3 rings (SSSR count). The lowest BCUT2D eigenvalue weighted by Crippen LogP contribution is -2.29. The topological polar surface area (TPSA) is 60.2 Å². The van der Waals surface area contributed by atoms with Crippen molar-refractivity contribution in [3.05, 3.63) is 11.7 Å². The summed E-state index contributed by atoms with van der Waals surface area (Å²) in [4.78, 5) is 4.62. The maximum absolute atomic E-state index is 5.68. The van der Waals surface area contributed by atoms with Gasteiger partial charge in [0.2, 0.25) is 11.7 Å². The highest BCUT2D eigenvalue weighted by Gasteiger charge is 2.40. The number of nitrogens with one attached hydrogen (secondary N) is 1. The molecule has 1 aromatic heterocycles. The molecule has 2 heterocycles. The summed E-state index contributed by atoms with van der Waals surface area (Å²) < 4.78 is 11.1. The normalized spacial score (nSPS) is 27.5. The monoisotopic (exact) mass is 251 g/mol. The molecular formula is C13H21N3O2. The fourth-order valence-electron chi connectivity index (χ4n) is 3.11. The van der Waals surface area contributed by atoms with E-state index in [-0.39, 0.29) is 5.60 Å². The molecule has 5 nitrogen and oxygen atoms in total. The van der Waals surface area contributed by atoms with Gasteiger partial charge < -0.3 is 14.6 Å². The van der Waals surface area contributed by atoms with Crippen LogP contribution in [-0.2, 0) is 10.3 Å². The van der Waals surface area contributed by atoms with Gasteiger partial charge in [-0.25, -0.2) is 0 Å². The van der Waals surface area contributed by atoms with Crippen LogP contribution in [0.15, 0.2) is 4.52 Å². The predicted molar refractivity (Wildman–Crippen MR) is 66.3 cm³/mol. The van der Waals surface area contributed by atoms with Gasteiger partial charge in [-0.15, -0.1) is 0 Å². The van der Waals surface area contributed by atoms with Gasteiger partial charge in [0.15, 0.2) is 0 Å². The van der Waals surface area contributed by atoms with Gasteiger partial charge in [-0.2, -0.15) is 4.98 Å². The third-order valence-electron chi connectivity index (χ3n) is 4.30. The Labute approximate surface area is 107 Å². The molecule has 0 radical (unpaired) electrons. The van der Waals surface area contributed by atoms with Crippen molar-refractivity contribution >= 4 is 0 Å². The van der Waals surface area contributed by atoms with Crippen LogP contribution < -0.4 is 5.32 Å². The van der Waals surface area contributed by atoms with E-state index in [1.54, 1.807) is 7.11 Å². The third-order valence-corrected chi connectivity index (χ3v) is 4.30. The van der Waals surface area contributed by atoms with Crippen molar-refractivity contribution in [2.75, 3.05) is 20.2 Å². The van der Waals surface area contributed by atoms with Crippen LogP contribution in [0.2, 0.25) is 0 Å². The van der Waals surface area contributed by atoms with E-state index in [1.165, 1.54) is 19.3 Å². The van der Waals surface area contributed by atoms with Crippen LogP contribution in [0.25, 0.3) is 0 Å². The van der Waals surface area contributed by atoms with E-state index < -0.39 is 0 Å². The quantitative estimate of drug-likeness (QED) is 0.889. The molecule has 5 heteroatoms. The Balaban J connectivity index is 1.79. The van der Waals surface area contributed by atoms with Crippen molar-refractivity contribution in [2.45, 2.75) is 50.0 Å². The maximum atomic E-state index is 5.68. The number of nitrogens with zero attached hydrogens (tertiary/aromatic N) is 2. The van der Waals surface area contributed by atoms with Gasteiger partial charge in [0.25, 0.3) is 0 Å². The van der Waals surface area contributed by atoms with E-state index >= 15 is 0 Å². The SMILES string of the molecule is COC1(c2noc([C@H]3CCCNC3)n2)CCCC1. The third kappa shape index (κ3) is 2.06. The van der Waals surface area contributed by atoms with Gasteiger partial charge in [0.05, 0.1) is 5.92 Å². The second-order valence-corrected chi connectivity index (χ2v) is 5.41. The summed E-state index contributed by atoms with van der Waals surface area (Å²) in [6.07, 6.45) is 6.69. The zero-order valence-electron chi connectivity index (χ0n) is 10.9. The number of hydrogen-bond donors (Lipinski definition) is 1. The molecule has 2 aliphatic rings. The van der Waals surface area contributed by atoms with Crippen LogP contribution >= 0.6 is 0 Å². The summed E-state index contributed by atoms with van der Waals surface area (Å²) in [5.41, 5.74) is -0.288. The molecule has 1 aromatic rings. The number of hydrogen-bond acceptors (Lipinski definition) is 5. The first-order valence-corrected chi connectivity index (χ1v) is 6.94. The van der Waals surface area contributed by atoms with Crippen LogP contribution in [0.3, 0.4) is 0 Å². The molecule has 0 amide bonds. The molecule has 1 saturated carbocycles. The first-order chi connectivity index (χ1) is 8.84. The highest BCUT2D eigenvalue weighted by Crippen LogP contribution is 2.40. The second kappa shape index (κ2) is 4.97. The lowest BCUT2D eigenvalue weighted by molar-refractivity contribution is -0.0178. The highest BCUT2D eigenvalue weighted by atomic mass is 16.5. The molecule has 1 saturated heterocycles. The molecule has 2 fully saturated rings. The Morgan fingerprint density at radius 3 is 2.83 bits per heavy atom. The first kappa shape index (κ1) is 12.1. The minimum absolute atomic E-state index is 0.288. The van der Waals surface area contributed by atoms with E-state index in [1.807, 2.05) is 0 Å². The van der Waals surface area contributed by atoms with Gasteiger partial charge in [-0.1, -0.05) is 5.16 Å². The zero-order chi connectivity index (χ0) is 12.4. The Kier molecular flexibility index (Phi) is 3.35. The summed E-state index contributed by atoms with van der Waals surface area (Å²) in [7, 11) is 1.75. The van der Waals surface area contributed by atoms with Crippen LogP contribution in [-0.4, -0.2) is 30.3 Å². The van der Waals surface area contributed by atoms with Crippen molar-refractivity contribution in [3.8, 4) is 0 Å². The Morgan fingerprint density at radius 1 is 1.33 bits per heavy atom. The summed E-state index contributed by atoms with van der Waals surface area (Å²) in [6.45, 7) is 2.04. The van der Waals surface area contributed by atoms with E-state index in [0.717, 1.165) is 44.1 Å². The van der Waals surface area contributed by atoms with Crippen molar-refractivity contribution < 1.29 is 9.26 Å². The van der Waals surface area contributed by atoms with Crippen molar-refractivity contribution in [3.63, 3.8) is 0 Å². The average Bonchev–Trinajstić information content (AvgIpc) is 3.09. The van der Waals surface area contributed by atoms with Crippen LogP contribution in [0.4, 0.5) is 0 Å². The van der Waals surface area contributed by atoms with Crippen molar-refractivity contribution in [1.82, 2.24) is 15.5 Å². The van der Waals surface area contributed by atoms with E-state index in [4.69, 9.17) is 9.26 Å². The molecule has 0 aromatic carbocycles. The van der Waals surface area contributed by atoms with Gasteiger partial charge >= 0.3 is 0 Å². The first-order valence-electron chi connectivity index (χ1n) is 6.94. The van der Waals surface area contributed by atoms with Gasteiger partial charge in [0.1, 0.15) is 5.60 Å². The molecule has 1 atom stereocenters. The Hall–Kier alpha value is -0.940. The van der Waals surface area contributed by atoms with Crippen molar-refractivity contribution in [2.24, 2.45) is 0 Å². The molecule has 1 N–H and O–H groups in total. The maximum Gasteiger partial charge on any atom is 0.231 e. The second-order valence-electron chi connectivity index (χ2n) is 5.41. The molecular weight excluding hydrogens is 230 g/mol. The fourth-order valence-corrected chi connectivity index (χ4v) is 3.11. The molecule has 100 valence electrons. The number of ether oxygens (including phenoxy) is 1. The molecule has 18 heavy (non-hydrogen) atoms. The number of piperidine rings is 1. The smallest absolute Gasteiger partial charge is 0.231 e. The zero-order valence-corrected chi connectivity index (χ0v) is 10.9. The molecule has 1 aliphatic heterocycles. The standard InChI is InChI=1S/C13H21N3O2/c1-17-13(6-2-3-7-13)12-15-11(18-16-12)10-5-4-8-14-9-10/h10,14H,2-9H2,1H3/t10-/m0/s1. The fraction of sp³-hybridized carbons (Fsp3) is 0.846. The number of methoxy groups -OCH3 is 1. The van der Waals surface area contributed by atoms with E-state index in [2.05, 4.69) is 15.5 Å². The Bertz CT molecular complexity index is 393. The van der Waals surface area contributed by atoms with Crippen LogP contribution in [0.5, 0.6) is 0 Å². The Morgan fingerprint density at radius 2 is 2.17 bits per heavy atom. The molecule has 1 aliphatic carbocycles. The minimum Gasteiger partial charge on any atom is -0.370 e. The highest BCUT2D eigenvalue weighted by molar-refractivity contribution is 5.06. The average molecular weight is 251 g/mol. The number of aromatic nitrogens is 2. The van der Waals surface area contributed by atoms with Gasteiger partial charge in [0, 0.05) is 13.7 Å². The van der Waals surface area contributed by atoms with E-state index in [0.29, 0.717) is 5.92 Å². The van der Waals surface area contributed by atoms with Crippen molar-refractivity contribution in [1.29, 1.82) is 0 Å². The number of rotatable bonds is 3. The lowest BCUT2D eigenvalue weighted by atomic mass is 9.99. The van der Waals surface area contributed by atoms with E-state index in [9.17, 15) is 0 Å². The summed E-state index contributed by atoms with van der Waals surface area (Å²) in [5, 5.41) is 7.55. The largest absolute Gasteiger partial charge is 0.370 e. The molecule has 0 unspecified atom stereocenters. The summed E-state index contributed by atoms with van der Waals surface area (Å²) >= 11 is 0. The lowest BCUT2D eigenvalue weighted by Gasteiger charge is -2.23. The predicted octanol–water partition coefficient (Wildman–Crippen LogP) is 1.95. The summed E-state index contributed by atoms with van der Waals surface area (Å²) in [6, 6.07) is 0. The van der Waals surface area contributed by atoms with Crippen LogP contribution in [0, 0.1) is 0 Å².